The van der Waals surface area contributed by atoms with Gasteiger partial charge >= 0.3 is 5.97 Å². The minimum Gasteiger partial charge on any atom is -0.508 e. The molecule has 1 aromatic heterocycles. The summed E-state index contributed by atoms with van der Waals surface area (Å²) in [5.74, 6) is -1.59. The molecule has 0 spiro atoms. The standard InChI is InChI=1S/C26H23N3O4/c1-2-33-25(32)22-23(18-11-8-12-19(30)15-18)29-21-14-7-6-13-20(21)27-26(29)28(24(22)31)16-17-9-4-3-5-10-17/h3-15,22-23,30H,2,16H2,1H3/t22-,23-/m0/s1. The lowest BCUT2D eigenvalue weighted by Crippen LogP contribution is -2.49. The van der Waals surface area contributed by atoms with Crippen molar-refractivity contribution in [3.05, 3.63) is 90.0 Å². The van der Waals surface area contributed by atoms with Crippen molar-refractivity contribution in [1.82, 2.24) is 9.55 Å². The molecular formula is C26H23N3O4. The number of carbonyl (C=O) groups is 2. The molecular weight excluding hydrogens is 418 g/mol. The van der Waals surface area contributed by atoms with E-state index in [1.54, 1.807) is 36.1 Å². The van der Waals surface area contributed by atoms with E-state index >= 15 is 0 Å². The molecule has 5 rings (SSSR count). The lowest BCUT2D eigenvalue weighted by Gasteiger charge is -2.38. The number of hydrogen-bond acceptors (Lipinski definition) is 5. The number of fused-ring (bicyclic) bond motifs is 3. The number of amides is 1. The van der Waals surface area contributed by atoms with Crippen LogP contribution in [0.5, 0.6) is 5.75 Å². The number of anilines is 1. The van der Waals surface area contributed by atoms with Crippen LogP contribution in [0.25, 0.3) is 11.0 Å². The van der Waals surface area contributed by atoms with Crippen LogP contribution < -0.4 is 4.90 Å². The Labute approximate surface area is 190 Å². The molecule has 0 bridgehead atoms. The lowest BCUT2D eigenvalue weighted by atomic mass is 9.89. The topological polar surface area (TPSA) is 84.7 Å². The van der Waals surface area contributed by atoms with Gasteiger partial charge in [0.25, 0.3) is 0 Å². The van der Waals surface area contributed by atoms with Gasteiger partial charge in [-0.3, -0.25) is 14.5 Å². The van der Waals surface area contributed by atoms with E-state index in [4.69, 9.17) is 9.72 Å². The number of para-hydroxylation sites is 2. The van der Waals surface area contributed by atoms with Crippen LogP contribution in [-0.2, 0) is 20.9 Å². The maximum atomic E-state index is 13.9. The number of imidazole rings is 1. The zero-order valence-electron chi connectivity index (χ0n) is 18.1. The normalized spacial score (nSPS) is 17.7. The Kier molecular flexibility index (Phi) is 5.30. The molecule has 33 heavy (non-hydrogen) atoms. The van der Waals surface area contributed by atoms with Crippen LogP contribution in [0.15, 0.2) is 78.9 Å². The van der Waals surface area contributed by atoms with Gasteiger partial charge in [-0.1, -0.05) is 54.6 Å². The molecule has 0 aliphatic carbocycles. The summed E-state index contributed by atoms with van der Waals surface area (Å²) in [6, 6.07) is 23.1. The van der Waals surface area contributed by atoms with E-state index < -0.39 is 17.9 Å². The average Bonchev–Trinajstić information content (AvgIpc) is 3.20. The van der Waals surface area contributed by atoms with Gasteiger partial charge in [-0.15, -0.1) is 0 Å². The second-order valence-electron chi connectivity index (χ2n) is 7.95. The molecule has 0 radical (unpaired) electrons. The number of aromatic nitrogens is 2. The van der Waals surface area contributed by atoms with Crippen molar-refractivity contribution in [3.8, 4) is 5.75 Å². The Morgan fingerprint density at radius 2 is 1.79 bits per heavy atom. The summed E-state index contributed by atoms with van der Waals surface area (Å²) in [5, 5.41) is 10.2. The van der Waals surface area contributed by atoms with Crippen molar-refractivity contribution in [2.75, 3.05) is 11.5 Å². The summed E-state index contributed by atoms with van der Waals surface area (Å²) < 4.78 is 7.27. The molecule has 0 saturated heterocycles. The molecule has 1 amide bonds. The third-order valence-corrected chi connectivity index (χ3v) is 5.88. The molecule has 7 heteroatoms. The van der Waals surface area contributed by atoms with Gasteiger partial charge in [0.1, 0.15) is 5.75 Å². The van der Waals surface area contributed by atoms with E-state index in [0.29, 0.717) is 17.0 Å². The number of ether oxygens (including phenoxy) is 1. The van der Waals surface area contributed by atoms with E-state index in [1.807, 2.05) is 59.2 Å². The maximum absolute atomic E-state index is 13.9. The van der Waals surface area contributed by atoms with Crippen LogP contribution in [-0.4, -0.2) is 33.1 Å². The van der Waals surface area contributed by atoms with Crippen LogP contribution in [0, 0.1) is 5.92 Å². The first-order chi connectivity index (χ1) is 16.1. The third kappa shape index (κ3) is 3.61. The van der Waals surface area contributed by atoms with Gasteiger partial charge in [0, 0.05) is 0 Å². The van der Waals surface area contributed by atoms with E-state index in [9.17, 15) is 14.7 Å². The summed E-state index contributed by atoms with van der Waals surface area (Å²) in [7, 11) is 0. The second kappa shape index (κ2) is 8.43. The fourth-order valence-electron chi connectivity index (χ4n) is 4.47. The van der Waals surface area contributed by atoms with E-state index in [0.717, 1.165) is 11.1 Å². The smallest absolute Gasteiger partial charge is 0.321 e. The van der Waals surface area contributed by atoms with E-state index in [-0.39, 0.29) is 24.8 Å². The minimum atomic E-state index is -1.12. The molecule has 3 aromatic carbocycles. The minimum absolute atomic E-state index is 0.0558. The molecule has 1 aliphatic heterocycles. The Bertz CT molecular complexity index is 1330. The predicted molar refractivity (Wildman–Crippen MR) is 124 cm³/mol. The number of phenols is 1. The van der Waals surface area contributed by atoms with Crippen molar-refractivity contribution in [3.63, 3.8) is 0 Å². The monoisotopic (exact) mass is 441 g/mol. The second-order valence-corrected chi connectivity index (χ2v) is 7.95. The Balaban J connectivity index is 1.76. The average molecular weight is 441 g/mol. The van der Waals surface area contributed by atoms with Crippen LogP contribution in [0.4, 0.5) is 5.95 Å². The van der Waals surface area contributed by atoms with E-state index in [2.05, 4.69) is 0 Å². The Morgan fingerprint density at radius 1 is 1.03 bits per heavy atom. The molecule has 166 valence electrons. The molecule has 0 saturated carbocycles. The summed E-state index contributed by atoms with van der Waals surface area (Å²) in [6.07, 6.45) is 0. The van der Waals surface area contributed by atoms with E-state index in [1.165, 1.54) is 0 Å². The highest BCUT2D eigenvalue weighted by atomic mass is 16.5. The molecule has 0 fully saturated rings. The number of benzene rings is 3. The van der Waals surface area contributed by atoms with Crippen molar-refractivity contribution >= 4 is 28.9 Å². The highest BCUT2D eigenvalue weighted by molar-refractivity contribution is 6.08. The summed E-state index contributed by atoms with van der Waals surface area (Å²) in [4.78, 5) is 33.4. The molecule has 4 aromatic rings. The van der Waals surface area contributed by atoms with Gasteiger partial charge in [0.15, 0.2) is 5.92 Å². The summed E-state index contributed by atoms with van der Waals surface area (Å²) in [5.41, 5.74) is 3.06. The quantitative estimate of drug-likeness (QED) is 0.373. The Morgan fingerprint density at radius 3 is 2.55 bits per heavy atom. The van der Waals surface area contributed by atoms with Crippen LogP contribution in [0.1, 0.15) is 24.1 Å². The maximum Gasteiger partial charge on any atom is 0.321 e. The number of rotatable bonds is 5. The number of nitrogens with zero attached hydrogens (tertiary/aromatic N) is 3. The van der Waals surface area contributed by atoms with Gasteiger partial charge in [-0.05, 0) is 42.3 Å². The fraction of sp³-hybridized carbons (Fsp3) is 0.192. The lowest BCUT2D eigenvalue weighted by molar-refractivity contribution is -0.153. The largest absolute Gasteiger partial charge is 0.508 e. The Hall–Kier alpha value is -4.13. The zero-order chi connectivity index (χ0) is 22.9. The number of carbonyl (C=O) groups excluding carboxylic acids is 2. The number of phenolic OH excluding ortho intramolecular Hbond substituents is 1. The molecule has 0 unspecified atom stereocenters. The molecule has 2 heterocycles. The van der Waals surface area contributed by atoms with Gasteiger partial charge in [0.05, 0.1) is 30.2 Å². The first-order valence-corrected chi connectivity index (χ1v) is 10.9. The predicted octanol–water partition coefficient (Wildman–Crippen LogP) is 4.06. The highest BCUT2D eigenvalue weighted by Crippen LogP contribution is 2.42. The van der Waals surface area contributed by atoms with Crippen molar-refractivity contribution in [1.29, 1.82) is 0 Å². The van der Waals surface area contributed by atoms with Crippen LogP contribution in [0.3, 0.4) is 0 Å². The number of aromatic hydroxyl groups is 1. The van der Waals surface area contributed by atoms with Crippen molar-refractivity contribution in [2.24, 2.45) is 5.92 Å². The SMILES string of the molecule is CCOC(=O)[C@@H]1C(=O)N(Cc2ccccc2)c2nc3ccccc3n2[C@H]1c1cccc(O)c1. The molecule has 1 aliphatic rings. The van der Waals surface area contributed by atoms with Gasteiger partial charge < -0.3 is 14.4 Å². The van der Waals surface area contributed by atoms with Crippen molar-refractivity contribution < 1.29 is 19.4 Å². The van der Waals surface area contributed by atoms with Gasteiger partial charge in [-0.2, -0.15) is 0 Å². The molecule has 2 atom stereocenters. The first kappa shape index (κ1) is 20.8. The van der Waals surface area contributed by atoms with Crippen LogP contribution >= 0.6 is 0 Å². The zero-order valence-corrected chi connectivity index (χ0v) is 18.1. The van der Waals surface area contributed by atoms with Crippen molar-refractivity contribution in [2.45, 2.75) is 19.5 Å². The fourth-order valence-corrected chi connectivity index (χ4v) is 4.47. The van der Waals surface area contributed by atoms with Crippen LogP contribution in [0.2, 0.25) is 0 Å². The number of hydrogen-bond donors (Lipinski definition) is 1. The third-order valence-electron chi connectivity index (χ3n) is 5.88. The number of esters is 1. The summed E-state index contributed by atoms with van der Waals surface area (Å²) >= 11 is 0. The highest BCUT2D eigenvalue weighted by Gasteiger charge is 2.47. The van der Waals surface area contributed by atoms with Gasteiger partial charge in [-0.25, -0.2) is 4.98 Å². The summed E-state index contributed by atoms with van der Waals surface area (Å²) in [6.45, 7) is 2.14. The molecule has 1 N–H and O–H groups in total. The molecule has 7 nitrogen and oxygen atoms in total. The first-order valence-electron chi connectivity index (χ1n) is 10.9. The van der Waals surface area contributed by atoms with Gasteiger partial charge in [0.2, 0.25) is 11.9 Å².